The van der Waals surface area contributed by atoms with Crippen LogP contribution in [0, 0.1) is 5.92 Å². The Morgan fingerprint density at radius 2 is 2.08 bits per heavy atom. The van der Waals surface area contributed by atoms with Crippen LogP contribution in [0.15, 0.2) is 29.3 Å². The first-order valence-electron chi connectivity index (χ1n) is 8.94. The molecule has 1 fully saturated rings. The first kappa shape index (κ1) is 18.6. The van der Waals surface area contributed by atoms with Gasteiger partial charge < -0.3 is 15.4 Å². The van der Waals surface area contributed by atoms with Crippen LogP contribution in [0.3, 0.4) is 0 Å². The van der Waals surface area contributed by atoms with Gasteiger partial charge in [-0.2, -0.15) is 0 Å². The van der Waals surface area contributed by atoms with Gasteiger partial charge in [-0.25, -0.2) is 0 Å². The van der Waals surface area contributed by atoms with Crippen molar-refractivity contribution < 1.29 is 4.74 Å². The minimum atomic E-state index is 0.521. The van der Waals surface area contributed by atoms with Crippen LogP contribution in [0.2, 0.25) is 0 Å². The molecule has 1 saturated heterocycles. The van der Waals surface area contributed by atoms with Crippen molar-refractivity contribution in [3.8, 4) is 5.75 Å². The molecule has 0 saturated carbocycles. The minimum absolute atomic E-state index is 0.521. The normalized spacial score (nSPS) is 20.5. The predicted molar refractivity (Wildman–Crippen MR) is 101 cm³/mol. The number of rotatable bonds is 6. The second-order valence-electron chi connectivity index (χ2n) is 6.75. The van der Waals surface area contributed by atoms with Gasteiger partial charge in [0.25, 0.3) is 0 Å². The predicted octanol–water partition coefficient (Wildman–Crippen LogP) is 2.48. The third kappa shape index (κ3) is 5.71. The summed E-state index contributed by atoms with van der Waals surface area (Å²) in [6, 6.07) is 8.61. The van der Waals surface area contributed by atoms with E-state index < -0.39 is 0 Å². The van der Waals surface area contributed by atoms with Gasteiger partial charge in [0, 0.05) is 32.7 Å². The molecule has 1 heterocycles. The zero-order chi connectivity index (χ0) is 17.4. The molecule has 0 amide bonds. The molecule has 0 spiro atoms. The molecule has 1 aromatic rings. The number of guanidine groups is 1. The van der Waals surface area contributed by atoms with Crippen LogP contribution in [0.25, 0.3) is 0 Å². The number of hydrogen-bond acceptors (Lipinski definition) is 3. The lowest BCUT2D eigenvalue weighted by atomic mass is 9.99. The van der Waals surface area contributed by atoms with Crippen molar-refractivity contribution in [2.75, 3.05) is 33.8 Å². The second kappa shape index (κ2) is 9.52. The molecular formula is C19H32N4O. The van der Waals surface area contributed by atoms with Gasteiger partial charge in [0.2, 0.25) is 0 Å². The fourth-order valence-electron chi connectivity index (χ4n) is 3.15. The summed E-state index contributed by atoms with van der Waals surface area (Å²) in [5.41, 5.74) is 1.21. The molecule has 5 heteroatoms. The van der Waals surface area contributed by atoms with E-state index in [2.05, 4.69) is 46.5 Å². The number of benzene rings is 1. The Bertz CT molecular complexity index is 515. The number of likely N-dealkylation sites (tertiary alicyclic amines) is 1. The van der Waals surface area contributed by atoms with Crippen LogP contribution >= 0.6 is 0 Å². The van der Waals surface area contributed by atoms with Gasteiger partial charge in [-0.15, -0.1) is 0 Å². The lowest BCUT2D eigenvalue weighted by molar-refractivity contribution is 0.139. The smallest absolute Gasteiger partial charge is 0.191 e. The van der Waals surface area contributed by atoms with E-state index in [4.69, 9.17) is 4.74 Å². The molecule has 2 unspecified atom stereocenters. The molecule has 2 N–H and O–H groups in total. The number of hydrogen-bond donors (Lipinski definition) is 2. The molecule has 134 valence electrons. The molecule has 0 aliphatic carbocycles. The highest BCUT2D eigenvalue weighted by Crippen LogP contribution is 2.17. The van der Waals surface area contributed by atoms with E-state index in [0.29, 0.717) is 6.04 Å². The van der Waals surface area contributed by atoms with E-state index in [1.54, 1.807) is 7.11 Å². The topological polar surface area (TPSA) is 48.9 Å². The molecule has 0 bridgehead atoms. The molecular weight excluding hydrogens is 300 g/mol. The van der Waals surface area contributed by atoms with Gasteiger partial charge in [0.1, 0.15) is 5.75 Å². The molecule has 1 aliphatic heterocycles. The Morgan fingerprint density at radius 3 is 2.71 bits per heavy atom. The molecule has 0 radical (unpaired) electrons. The molecule has 0 aromatic heterocycles. The zero-order valence-electron chi connectivity index (χ0n) is 15.5. The summed E-state index contributed by atoms with van der Waals surface area (Å²) in [6.07, 6.45) is 2.68. The summed E-state index contributed by atoms with van der Waals surface area (Å²) in [5, 5.41) is 6.82. The summed E-state index contributed by atoms with van der Waals surface area (Å²) < 4.78 is 5.18. The van der Waals surface area contributed by atoms with Crippen LogP contribution in [-0.2, 0) is 6.54 Å². The molecule has 1 aromatic carbocycles. The molecule has 2 rings (SSSR count). The first-order valence-corrected chi connectivity index (χ1v) is 8.94. The average molecular weight is 332 g/mol. The monoisotopic (exact) mass is 332 g/mol. The molecule has 24 heavy (non-hydrogen) atoms. The molecule has 1 aliphatic rings. The van der Waals surface area contributed by atoms with E-state index in [1.165, 1.54) is 31.5 Å². The van der Waals surface area contributed by atoms with Crippen molar-refractivity contribution in [3.05, 3.63) is 29.8 Å². The van der Waals surface area contributed by atoms with Gasteiger partial charge >= 0.3 is 0 Å². The number of ether oxygens (including phenoxy) is 1. The van der Waals surface area contributed by atoms with E-state index in [0.717, 1.165) is 30.7 Å². The second-order valence-corrected chi connectivity index (χ2v) is 6.75. The van der Waals surface area contributed by atoms with Crippen LogP contribution in [0.1, 0.15) is 32.3 Å². The van der Waals surface area contributed by atoms with Crippen LogP contribution in [0.4, 0.5) is 0 Å². The van der Waals surface area contributed by atoms with Gasteiger partial charge in [0.15, 0.2) is 5.96 Å². The van der Waals surface area contributed by atoms with Crippen molar-refractivity contribution in [1.29, 1.82) is 0 Å². The standard InChI is InChI=1S/C19H32N4O/c1-15-6-5-11-23(14-15)16(2)12-21-19(20-3)22-13-17-7-9-18(24-4)10-8-17/h7-10,15-16H,5-6,11-14H2,1-4H3,(H2,20,21,22). The molecule has 5 nitrogen and oxygen atoms in total. The highest BCUT2D eigenvalue weighted by atomic mass is 16.5. The van der Waals surface area contributed by atoms with Crippen molar-refractivity contribution in [2.24, 2.45) is 10.9 Å². The quantitative estimate of drug-likeness (QED) is 0.621. The van der Waals surface area contributed by atoms with Gasteiger partial charge in [-0.3, -0.25) is 9.89 Å². The van der Waals surface area contributed by atoms with E-state index in [1.807, 2.05) is 19.2 Å². The fourth-order valence-corrected chi connectivity index (χ4v) is 3.15. The highest BCUT2D eigenvalue weighted by Gasteiger charge is 2.20. The fraction of sp³-hybridized carbons (Fsp3) is 0.632. The lowest BCUT2D eigenvalue weighted by Gasteiger charge is -2.35. The summed E-state index contributed by atoms with van der Waals surface area (Å²) in [7, 11) is 3.50. The summed E-state index contributed by atoms with van der Waals surface area (Å²) in [5.74, 6) is 2.54. The van der Waals surface area contributed by atoms with Crippen LogP contribution < -0.4 is 15.4 Å². The van der Waals surface area contributed by atoms with Crippen molar-refractivity contribution in [1.82, 2.24) is 15.5 Å². The number of piperidine rings is 1. The summed E-state index contributed by atoms with van der Waals surface area (Å²) in [4.78, 5) is 6.90. The van der Waals surface area contributed by atoms with Crippen LogP contribution in [0.5, 0.6) is 5.75 Å². The maximum absolute atomic E-state index is 5.18. The number of nitrogens with zero attached hydrogens (tertiary/aromatic N) is 2. The average Bonchev–Trinajstić information content (AvgIpc) is 2.62. The third-order valence-corrected chi connectivity index (χ3v) is 4.72. The Hall–Kier alpha value is -1.75. The summed E-state index contributed by atoms with van der Waals surface area (Å²) in [6.45, 7) is 8.73. The third-order valence-electron chi connectivity index (χ3n) is 4.72. The van der Waals surface area contributed by atoms with E-state index in [-0.39, 0.29) is 0 Å². The Morgan fingerprint density at radius 1 is 1.33 bits per heavy atom. The van der Waals surface area contributed by atoms with Crippen molar-refractivity contribution in [2.45, 2.75) is 39.3 Å². The Kier molecular flexibility index (Phi) is 7.37. The number of methoxy groups -OCH3 is 1. The zero-order valence-corrected chi connectivity index (χ0v) is 15.5. The van der Waals surface area contributed by atoms with Gasteiger partial charge in [0.05, 0.1) is 7.11 Å². The largest absolute Gasteiger partial charge is 0.497 e. The van der Waals surface area contributed by atoms with E-state index >= 15 is 0 Å². The first-order chi connectivity index (χ1) is 11.6. The number of nitrogens with one attached hydrogen (secondary N) is 2. The van der Waals surface area contributed by atoms with Gasteiger partial charge in [-0.05, 0) is 49.9 Å². The minimum Gasteiger partial charge on any atom is -0.497 e. The summed E-state index contributed by atoms with van der Waals surface area (Å²) >= 11 is 0. The Balaban J connectivity index is 1.75. The Labute approximate surface area is 146 Å². The van der Waals surface area contributed by atoms with E-state index in [9.17, 15) is 0 Å². The maximum Gasteiger partial charge on any atom is 0.191 e. The molecule has 2 atom stereocenters. The highest BCUT2D eigenvalue weighted by molar-refractivity contribution is 5.79. The van der Waals surface area contributed by atoms with Crippen molar-refractivity contribution in [3.63, 3.8) is 0 Å². The SMILES string of the molecule is CN=C(NCc1ccc(OC)cc1)NCC(C)N1CCCC(C)C1. The maximum atomic E-state index is 5.18. The van der Waals surface area contributed by atoms with Crippen LogP contribution in [-0.4, -0.2) is 50.7 Å². The van der Waals surface area contributed by atoms with Gasteiger partial charge in [-0.1, -0.05) is 19.1 Å². The number of aliphatic imine (C=N–C) groups is 1. The lowest BCUT2D eigenvalue weighted by Crippen LogP contribution is -2.48. The van der Waals surface area contributed by atoms with Crippen molar-refractivity contribution >= 4 is 5.96 Å².